The molecule has 0 saturated carbocycles. The average Bonchev–Trinajstić information content (AvgIpc) is 2.46. The summed E-state index contributed by atoms with van der Waals surface area (Å²) in [5.41, 5.74) is 1.52. The molecule has 0 spiro atoms. The summed E-state index contributed by atoms with van der Waals surface area (Å²) in [6.45, 7) is 0.399. The van der Waals surface area contributed by atoms with E-state index >= 15 is 0 Å². The Bertz CT molecular complexity index is 587. The van der Waals surface area contributed by atoms with Gasteiger partial charge in [-0.2, -0.15) is 0 Å². The minimum atomic E-state index is -0.308. The molecule has 0 saturated heterocycles. The molecule has 0 aliphatic heterocycles. The van der Waals surface area contributed by atoms with Crippen molar-refractivity contribution >= 4 is 23.3 Å². The number of nitrogens with zero attached hydrogens (tertiary/aromatic N) is 1. The van der Waals surface area contributed by atoms with Crippen molar-refractivity contribution in [3.8, 4) is 5.88 Å². The monoisotopic (exact) mass is 291 g/mol. The highest BCUT2D eigenvalue weighted by Crippen LogP contribution is 2.12. The van der Waals surface area contributed by atoms with E-state index in [1.165, 1.54) is 13.3 Å². The zero-order valence-electron chi connectivity index (χ0n) is 10.9. The van der Waals surface area contributed by atoms with Crippen LogP contribution in [0.3, 0.4) is 0 Å². The Morgan fingerprint density at radius 3 is 2.85 bits per heavy atom. The third kappa shape index (κ3) is 4.13. The Morgan fingerprint density at radius 1 is 1.35 bits per heavy atom. The zero-order valence-corrected chi connectivity index (χ0v) is 11.6. The van der Waals surface area contributed by atoms with Gasteiger partial charge >= 0.3 is 6.03 Å². The molecule has 0 atom stereocenters. The maximum absolute atomic E-state index is 11.7. The number of urea groups is 1. The van der Waals surface area contributed by atoms with Crippen LogP contribution in [0.4, 0.5) is 10.5 Å². The SMILES string of the molecule is COc1ccc(NC(=O)NCc2cccc(Cl)c2)cn1. The van der Waals surface area contributed by atoms with Crippen LogP contribution < -0.4 is 15.4 Å². The van der Waals surface area contributed by atoms with Gasteiger partial charge < -0.3 is 15.4 Å². The zero-order chi connectivity index (χ0) is 14.4. The topological polar surface area (TPSA) is 63.2 Å². The van der Waals surface area contributed by atoms with Gasteiger partial charge in [0.05, 0.1) is 19.0 Å². The lowest BCUT2D eigenvalue weighted by Gasteiger charge is -2.08. The number of amides is 2. The van der Waals surface area contributed by atoms with E-state index in [1.807, 2.05) is 12.1 Å². The molecule has 1 heterocycles. The van der Waals surface area contributed by atoms with Gasteiger partial charge in [-0.3, -0.25) is 0 Å². The van der Waals surface area contributed by atoms with Gasteiger partial charge in [-0.1, -0.05) is 23.7 Å². The lowest BCUT2D eigenvalue weighted by molar-refractivity contribution is 0.251. The van der Waals surface area contributed by atoms with Crippen molar-refractivity contribution in [3.05, 3.63) is 53.2 Å². The maximum Gasteiger partial charge on any atom is 0.319 e. The third-order valence-electron chi connectivity index (χ3n) is 2.55. The van der Waals surface area contributed by atoms with Crippen LogP contribution in [0.15, 0.2) is 42.6 Å². The predicted molar refractivity (Wildman–Crippen MR) is 78.1 cm³/mol. The summed E-state index contributed by atoms with van der Waals surface area (Å²) < 4.78 is 4.94. The van der Waals surface area contributed by atoms with Crippen molar-refractivity contribution in [1.82, 2.24) is 10.3 Å². The molecular formula is C14H14ClN3O2. The van der Waals surface area contributed by atoms with Crippen LogP contribution >= 0.6 is 11.6 Å². The van der Waals surface area contributed by atoms with E-state index < -0.39 is 0 Å². The first-order valence-electron chi connectivity index (χ1n) is 5.97. The van der Waals surface area contributed by atoms with Gasteiger partial charge in [0, 0.05) is 17.6 Å². The molecular weight excluding hydrogens is 278 g/mol. The van der Waals surface area contributed by atoms with Gasteiger partial charge in [0.1, 0.15) is 0 Å². The van der Waals surface area contributed by atoms with Crippen molar-refractivity contribution in [1.29, 1.82) is 0 Å². The van der Waals surface area contributed by atoms with Crippen molar-refractivity contribution in [2.24, 2.45) is 0 Å². The average molecular weight is 292 g/mol. The quantitative estimate of drug-likeness (QED) is 0.910. The summed E-state index contributed by atoms with van der Waals surface area (Å²) in [7, 11) is 1.53. The standard InChI is InChI=1S/C14H14ClN3O2/c1-20-13-6-5-12(9-16-13)18-14(19)17-8-10-3-2-4-11(15)7-10/h2-7,9H,8H2,1H3,(H2,17,18,19). The molecule has 104 valence electrons. The normalized spacial score (nSPS) is 9.90. The number of halogens is 1. The highest BCUT2D eigenvalue weighted by Gasteiger charge is 2.02. The highest BCUT2D eigenvalue weighted by molar-refractivity contribution is 6.30. The van der Waals surface area contributed by atoms with E-state index in [-0.39, 0.29) is 6.03 Å². The fraction of sp³-hybridized carbons (Fsp3) is 0.143. The first kappa shape index (κ1) is 14.1. The number of aromatic nitrogens is 1. The minimum Gasteiger partial charge on any atom is -0.481 e. The summed E-state index contributed by atoms with van der Waals surface area (Å²) in [5, 5.41) is 6.06. The molecule has 0 fully saturated rings. The molecule has 0 aliphatic carbocycles. The first-order chi connectivity index (χ1) is 9.67. The predicted octanol–water partition coefficient (Wildman–Crippen LogP) is 3.07. The van der Waals surface area contributed by atoms with Crippen molar-refractivity contribution in [3.63, 3.8) is 0 Å². The van der Waals surface area contributed by atoms with E-state index in [4.69, 9.17) is 16.3 Å². The fourth-order valence-electron chi connectivity index (χ4n) is 1.58. The summed E-state index contributed by atoms with van der Waals surface area (Å²) in [4.78, 5) is 15.7. The molecule has 2 aromatic rings. The van der Waals surface area contributed by atoms with E-state index in [0.717, 1.165) is 5.56 Å². The number of carbonyl (C=O) groups is 1. The number of pyridine rings is 1. The number of nitrogens with one attached hydrogen (secondary N) is 2. The maximum atomic E-state index is 11.7. The largest absolute Gasteiger partial charge is 0.481 e. The number of methoxy groups -OCH3 is 1. The third-order valence-corrected chi connectivity index (χ3v) is 2.78. The molecule has 20 heavy (non-hydrogen) atoms. The van der Waals surface area contributed by atoms with E-state index in [1.54, 1.807) is 24.3 Å². The molecule has 0 bridgehead atoms. The molecule has 1 aromatic heterocycles. The van der Waals surface area contributed by atoms with E-state index in [2.05, 4.69) is 15.6 Å². The second-order valence-electron chi connectivity index (χ2n) is 4.03. The Kier molecular flexibility index (Phi) is 4.79. The first-order valence-corrected chi connectivity index (χ1v) is 6.34. The number of rotatable bonds is 4. The number of hydrogen-bond acceptors (Lipinski definition) is 3. The Hall–Kier alpha value is -2.27. The van der Waals surface area contributed by atoms with Gasteiger partial charge in [-0.05, 0) is 23.8 Å². The summed E-state index contributed by atoms with van der Waals surface area (Å²) in [6, 6.07) is 10.4. The number of ether oxygens (including phenoxy) is 1. The number of hydrogen-bond donors (Lipinski definition) is 2. The lowest BCUT2D eigenvalue weighted by atomic mass is 10.2. The van der Waals surface area contributed by atoms with Crippen molar-refractivity contribution in [2.45, 2.75) is 6.54 Å². The van der Waals surface area contributed by atoms with E-state index in [0.29, 0.717) is 23.1 Å². The molecule has 0 aliphatic rings. The van der Waals surface area contributed by atoms with Crippen molar-refractivity contribution in [2.75, 3.05) is 12.4 Å². The van der Waals surface area contributed by atoms with Gasteiger partial charge in [0.15, 0.2) is 0 Å². The molecule has 0 radical (unpaired) electrons. The Labute approximate surface area is 121 Å². The summed E-state index contributed by atoms with van der Waals surface area (Å²) in [6.07, 6.45) is 1.53. The van der Waals surface area contributed by atoms with Gasteiger partial charge in [-0.25, -0.2) is 9.78 Å². The molecule has 6 heteroatoms. The van der Waals surface area contributed by atoms with Gasteiger partial charge in [0.2, 0.25) is 5.88 Å². The highest BCUT2D eigenvalue weighted by atomic mass is 35.5. The van der Waals surface area contributed by atoms with Crippen molar-refractivity contribution < 1.29 is 9.53 Å². The van der Waals surface area contributed by atoms with Crippen LogP contribution in [-0.2, 0) is 6.54 Å². The van der Waals surface area contributed by atoms with Gasteiger partial charge in [0.25, 0.3) is 0 Å². The van der Waals surface area contributed by atoms with Crippen LogP contribution in [0.25, 0.3) is 0 Å². The second kappa shape index (κ2) is 6.77. The van der Waals surface area contributed by atoms with Crippen LogP contribution in [0.1, 0.15) is 5.56 Å². The van der Waals surface area contributed by atoms with E-state index in [9.17, 15) is 4.79 Å². The fourth-order valence-corrected chi connectivity index (χ4v) is 1.79. The van der Waals surface area contributed by atoms with Crippen LogP contribution in [0.2, 0.25) is 5.02 Å². The molecule has 2 rings (SSSR count). The summed E-state index contributed by atoms with van der Waals surface area (Å²) in [5.74, 6) is 0.495. The number of carbonyl (C=O) groups excluding carboxylic acids is 1. The number of anilines is 1. The lowest BCUT2D eigenvalue weighted by Crippen LogP contribution is -2.28. The van der Waals surface area contributed by atoms with Crippen LogP contribution in [-0.4, -0.2) is 18.1 Å². The van der Waals surface area contributed by atoms with Crippen LogP contribution in [0.5, 0.6) is 5.88 Å². The molecule has 0 unspecified atom stereocenters. The smallest absolute Gasteiger partial charge is 0.319 e. The Balaban J connectivity index is 1.85. The molecule has 1 aromatic carbocycles. The molecule has 5 nitrogen and oxygen atoms in total. The molecule has 2 N–H and O–H groups in total. The molecule has 2 amide bonds. The van der Waals surface area contributed by atoms with Crippen LogP contribution in [0, 0.1) is 0 Å². The number of benzene rings is 1. The minimum absolute atomic E-state index is 0.308. The summed E-state index contributed by atoms with van der Waals surface area (Å²) >= 11 is 5.87. The Morgan fingerprint density at radius 2 is 2.20 bits per heavy atom. The van der Waals surface area contributed by atoms with Gasteiger partial charge in [-0.15, -0.1) is 0 Å². The second-order valence-corrected chi connectivity index (χ2v) is 4.46.